The van der Waals surface area contributed by atoms with E-state index in [-0.39, 0.29) is 0 Å². The number of ether oxygens (including phenoxy) is 1. The average Bonchev–Trinajstić information content (AvgIpc) is 3.53. The van der Waals surface area contributed by atoms with Crippen LogP contribution in [0.25, 0.3) is 60.8 Å². The molecule has 0 aliphatic heterocycles. The summed E-state index contributed by atoms with van der Waals surface area (Å²) in [6, 6.07) is 38.5. The van der Waals surface area contributed by atoms with Gasteiger partial charge in [-0.1, -0.05) is 42.5 Å². The molecule has 0 fully saturated rings. The molecule has 0 N–H and O–H groups in total. The zero-order valence-corrected chi connectivity index (χ0v) is 20.8. The minimum Gasteiger partial charge on any atom is -0.457 e. The van der Waals surface area contributed by atoms with E-state index in [0.717, 1.165) is 72.3 Å². The molecule has 39 heavy (non-hydrogen) atoms. The summed E-state index contributed by atoms with van der Waals surface area (Å²) >= 11 is 0. The summed E-state index contributed by atoms with van der Waals surface area (Å²) in [5.41, 5.74) is 5.75. The van der Waals surface area contributed by atoms with E-state index < -0.39 is 0 Å². The van der Waals surface area contributed by atoms with E-state index in [1.807, 2.05) is 85.1 Å². The Balaban J connectivity index is 1.35. The number of rotatable bonds is 4. The lowest BCUT2D eigenvalue weighted by Gasteiger charge is -2.10. The fourth-order valence-electron chi connectivity index (χ4n) is 5.49. The summed E-state index contributed by atoms with van der Waals surface area (Å²) in [6.07, 6.45) is 3.62. The fourth-order valence-corrected chi connectivity index (χ4v) is 5.49. The Morgan fingerprint density at radius 1 is 0.564 bits per heavy atom. The van der Waals surface area contributed by atoms with Gasteiger partial charge < -0.3 is 9.15 Å². The number of pyridine rings is 2. The zero-order chi connectivity index (χ0) is 25.8. The number of nitrogens with zero attached hydrogens (tertiary/aromatic N) is 3. The summed E-state index contributed by atoms with van der Waals surface area (Å²) in [5.74, 6) is 2.34. The predicted octanol–water partition coefficient (Wildman–Crippen LogP) is 8.93. The highest BCUT2D eigenvalue weighted by atomic mass is 16.5. The van der Waals surface area contributed by atoms with Crippen molar-refractivity contribution in [3.05, 3.63) is 128 Å². The van der Waals surface area contributed by atoms with Gasteiger partial charge in [0, 0.05) is 45.6 Å². The van der Waals surface area contributed by atoms with Gasteiger partial charge in [-0.25, -0.2) is 4.98 Å². The summed E-state index contributed by atoms with van der Waals surface area (Å²) in [7, 11) is 0. The van der Waals surface area contributed by atoms with Gasteiger partial charge in [0.15, 0.2) is 0 Å². The molecule has 0 aliphatic carbocycles. The van der Waals surface area contributed by atoms with Crippen LogP contribution in [0.1, 0.15) is 0 Å². The Labute approximate surface area is 223 Å². The molecule has 0 unspecified atom stereocenters. The highest BCUT2D eigenvalue weighted by Crippen LogP contribution is 2.42. The molecule has 0 atom stereocenters. The zero-order valence-electron chi connectivity index (χ0n) is 20.8. The van der Waals surface area contributed by atoms with Crippen LogP contribution in [-0.2, 0) is 0 Å². The second-order valence-electron chi connectivity index (χ2n) is 9.48. The second kappa shape index (κ2) is 8.57. The Bertz CT molecular complexity index is 2140. The van der Waals surface area contributed by atoms with Crippen LogP contribution in [0.3, 0.4) is 0 Å². The van der Waals surface area contributed by atoms with E-state index in [1.54, 1.807) is 6.20 Å². The van der Waals surface area contributed by atoms with E-state index in [1.165, 1.54) is 0 Å². The van der Waals surface area contributed by atoms with Crippen LogP contribution in [-0.4, -0.2) is 14.5 Å². The van der Waals surface area contributed by atoms with Crippen molar-refractivity contribution >= 4 is 43.7 Å². The second-order valence-corrected chi connectivity index (χ2v) is 9.48. The van der Waals surface area contributed by atoms with E-state index >= 15 is 0 Å². The topological polar surface area (TPSA) is 53.1 Å². The number of hydrogen-bond donors (Lipinski definition) is 0. The fraction of sp³-hybridized carbons (Fsp3) is 0. The Kier molecular flexibility index (Phi) is 4.76. The SMILES string of the molecule is c1ccc(-c2cccc(Oc3ccc4c5c6c(ccc5n(-c5ccccn5)c4c3)oc3ccccc36)c2)nc1. The molecule has 4 heterocycles. The smallest absolute Gasteiger partial charge is 0.137 e. The van der Waals surface area contributed by atoms with E-state index in [2.05, 4.69) is 45.9 Å². The minimum absolute atomic E-state index is 0.744. The molecule has 0 bridgehead atoms. The van der Waals surface area contributed by atoms with Crippen LogP contribution in [0.5, 0.6) is 11.5 Å². The van der Waals surface area contributed by atoms with Gasteiger partial charge >= 0.3 is 0 Å². The van der Waals surface area contributed by atoms with Crippen LogP contribution >= 0.6 is 0 Å². The molecule has 5 nitrogen and oxygen atoms in total. The summed E-state index contributed by atoms with van der Waals surface area (Å²) in [5, 5.41) is 4.47. The van der Waals surface area contributed by atoms with E-state index in [4.69, 9.17) is 14.1 Å². The average molecular weight is 504 g/mol. The molecule has 4 aromatic carbocycles. The molecule has 8 rings (SSSR count). The molecular weight excluding hydrogens is 482 g/mol. The summed E-state index contributed by atoms with van der Waals surface area (Å²) in [4.78, 5) is 9.18. The van der Waals surface area contributed by atoms with Crippen LogP contribution < -0.4 is 4.74 Å². The van der Waals surface area contributed by atoms with Crippen LogP contribution in [0, 0.1) is 0 Å². The van der Waals surface area contributed by atoms with Gasteiger partial charge in [0.1, 0.15) is 28.5 Å². The van der Waals surface area contributed by atoms with Gasteiger partial charge in [-0.15, -0.1) is 0 Å². The van der Waals surface area contributed by atoms with Crippen LogP contribution in [0.15, 0.2) is 132 Å². The van der Waals surface area contributed by atoms with Crippen molar-refractivity contribution in [3.63, 3.8) is 0 Å². The minimum atomic E-state index is 0.744. The summed E-state index contributed by atoms with van der Waals surface area (Å²) < 4.78 is 14.8. The molecular formula is C34H21N3O2. The first-order valence-corrected chi connectivity index (χ1v) is 12.8. The van der Waals surface area contributed by atoms with Crippen molar-refractivity contribution in [1.82, 2.24) is 14.5 Å². The first-order valence-electron chi connectivity index (χ1n) is 12.8. The summed E-state index contributed by atoms with van der Waals surface area (Å²) in [6.45, 7) is 0. The first kappa shape index (κ1) is 21.6. The molecule has 0 radical (unpaired) electrons. The lowest BCUT2D eigenvalue weighted by atomic mass is 10.1. The number of para-hydroxylation sites is 1. The van der Waals surface area contributed by atoms with Crippen molar-refractivity contribution in [1.29, 1.82) is 0 Å². The molecule has 184 valence electrons. The number of hydrogen-bond acceptors (Lipinski definition) is 4. The van der Waals surface area contributed by atoms with Gasteiger partial charge in [-0.05, 0) is 66.7 Å². The number of fused-ring (bicyclic) bond motifs is 7. The number of furan rings is 1. The molecule has 0 spiro atoms. The quantitative estimate of drug-likeness (QED) is 0.241. The molecule has 0 aliphatic rings. The standard InChI is InChI=1S/C34H21N3O2/c1-2-12-30-26(10-1)34-31(39-30)17-16-28-33(34)25-15-14-24(21-29(25)37(28)32-13-4-6-19-36-32)38-23-9-7-8-22(20-23)27-11-3-5-18-35-27/h1-21H. The molecule has 4 aromatic heterocycles. The third kappa shape index (κ3) is 3.48. The molecule has 8 aromatic rings. The van der Waals surface area contributed by atoms with Crippen molar-refractivity contribution in [2.45, 2.75) is 0 Å². The van der Waals surface area contributed by atoms with Crippen molar-refractivity contribution in [3.8, 4) is 28.6 Å². The monoisotopic (exact) mass is 503 g/mol. The van der Waals surface area contributed by atoms with Crippen molar-refractivity contribution in [2.24, 2.45) is 0 Å². The highest BCUT2D eigenvalue weighted by molar-refractivity contribution is 6.27. The Morgan fingerprint density at radius 2 is 1.41 bits per heavy atom. The lowest BCUT2D eigenvalue weighted by Crippen LogP contribution is -1.96. The van der Waals surface area contributed by atoms with Gasteiger partial charge in [0.25, 0.3) is 0 Å². The first-order chi connectivity index (χ1) is 19.3. The van der Waals surface area contributed by atoms with Crippen LogP contribution in [0.4, 0.5) is 0 Å². The predicted molar refractivity (Wildman–Crippen MR) is 156 cm³/mol. The molecule has 0 amide bonds. The largest absolute Gasteiger partial charge is 0.457 e. The highest BCUT2D eigenvalue weighted by Gasteiger charge is 2.19. The normalized spacial score (nSPS) is 11.6. The maximum atomic E-state index is 6.40. The van der Waals surface area contributed by atoms with Gasteiger partial charge in [-0.2, -0.15) is 0 Å². The molecule has 0 saturated carbocycles. The third-order valence-corrected chi connectivity index (χ3v) is 7.15. The number of benzene rings is 4. The van der Waals surface area contributed by atoms with E-state index in [9.17, 15) is 0 Å². The van der Waals surface area contributed by atoms with Crippen molar-refractivity contribution < 1.29 is 9.15 Å². The maximum absolute atomic E-state index is 6.40. The lowest BCUT2D eigenvalue weighted by molar-refractivity contribution is 0.483. The Hall–Kier alpha value is -5.42. The van der Waals surface area contributed by atoms with Crippen molar-refractivity contribution in [2.75, 3.05) is 0 Å². The van der Waals surface area contributed by atoms with Gasteiger partial charge in [0.05, 0.1) is 16.7 Å². The molecule has 0 saturated heterocycles. The van der Waals surface area contributed by atoms with Crippen LogP contribution in [0.2, 0.25) is 0 Å². The van der Waals surface area contributed by atoms with E-state index in [0.29, 0.717) is 0 Å². The third-order valence-electron chi connectivity index (χ3n) is 7.15. The number of aromatic nitrogens is 3. The maximum Gasteiger partial charge on any atom is 0.137 e. The Morgan fingerprint density at radius 3 is 2.28 bits per heavy atom. The van der Waals surface area contributed by atoms with Gasteiger partial charge in [0.2, 0.25) is 0 Å². The van der Waals surface area contributed by atoms with Gasteiger partial charge in [-0.3, -0.25) is 9.55 Å². The molecule has 5 heteroatoms.